The fourth-order valence-corrected chi connectivity index (χ4v) is 4.02. The molecule has 1 aliphatic carbocycles. The molecule has 0 bridgehead atoms. The molecule has 0 unspecified atom stereocenters. The normalized spacial score (nSPS) is 15.3. The minimum atomic E-state index is -3.39. The Balaban J connectivity index is 2.10. The highest BCUT2D eigenvalue weighted by atomic mass is 32.2. The van der Waals surface area contributed by atoms with Gasteiger partial charge >= 0.3 is 0 Å². The number of hydrogen-bond acceptors (Lipinski definition) is 3. The van der Waals surface area contributed by atoms with E-state index in [1.54, 1.807) is 22.5 Å². The summed E-state index contributed by atoms with van der Waals surface area (Å²) in [6.45, 7) is 5.01. The maximum absolute atomic E-state index is 12.6. The molecule has 116 valence electrons. The van der Waals surface area contributed by atoms with Crippen molar-refractivity contribution in [2.24, 2.45) is 0 Å². The largest absolute Gasteiger partial charge is 0.320 e. The van der Waals surface area contributed by atoms with E-state index < -0.39 is 10.0 Å². The quantitative estimate of drug-likeness (QED) is 0.562. The van der Waals surface area contributed by atoms with Gasteiger partial charge in [-0.1, -0.05) is 18.2 Å². The van der Waals surface area contributed by atoms with E-state index in [-0.39, 0.29) is 6.04 Å². The second kappa shape index (κ2) is 7.20. The van der Waals surface area contributed by atoms with E-state index in [0.717, 1.165) is 32.2 Å². The minimum absolute atomic E-state index is 0.156. The maximum atomic E-state index is 12.6. The first kappa shape index (κ1) is 16.2. The Morgan fingerprint density at radius 3 is 2.52 bits per heavy atom. The number of rotatable bonds is 9. The summed E-state index contributed by atoms with van der Waals surface area (Å²) in [4.78, 5) is 0.383. The van der Waals surface area contributed by atoms with Gasteiger partial charge in [0.05, 0.1) is 4.90 Å². The standard InChI is InChI=1S/C16H24N2O2S/c1-3-13-18(15-8-9-15)21(19,20)16-10-6-14(7-11-16)5-4-12-17-2/h3,6-7,10-11,15,17H,1,4-5,8-9,12-13H2,2H3. The van der Waals surface area contributed by atoms with Crippen LogP contribution < -0.4 is 5.32 Å². The zero-order valence-electron chi connectivity index (χ0n) is 12.6. The predicted octanol–water partition coefficient (Wildman–Crippen LogP) is 2.18. The van der Waals surface area contributed by atoms with Crippen molar-refractivity contribution in [1.29, 1.82) is 0 Å². The van der Waals surface area contributed by atoms with E-state index in [1.807, 2.05) is 19.2 Å². The van der Waals surface area contributed by atoms with Crippen molar-refractivity contribution in [3.8, 4) is 0 Å². The van der Waals surface area contributed by atoms with Gasteiger partial charge in [-0.15, -0.1) is 6.58 Å². The fourth-order valence-electron chi connectivity index (χ4n) is 2.37. The van der Waals surface area contributed by atoms with Gasteiger partial charge in [-0.3, -0.25) is 0 Å². The molecular formula is C16H24N2O2S. The van der Waals surface area contributed by atoms with Crippen molar-refractivity contribution >= 4 is 10.0 Å². The van der Waals surface area contributed by atoms with Crippen LogP contribution in [0.5, 0.6) is 0 Å². The van der Waals surface area contributed by atoms with E-state index >= 15 is 0 Å². The Morgan fingerprint density at radius 1 is 1.33 bits per heavy atom. The van der Waals surface area contributed by atoms with Gasteiger partial charge in [0.15, 0.2) is 0 Å². The van der Waals surface area contributed by atoms with Crippen LogP contribution in [-0.2, 0) is 16.4 Å². The molecular weight excluding hydrogens is 284 g/mol. The summed E-state index contributed by atoms with van der Waals surface area (Å²) in [5.41, 5.74) is 1.17. The topological polar surface area (TPSA) is 49.4 Å². The highest BCUT2D eigenvalue weighted by Crippen LogP contribution is 2.31. The Hall–Kier alpha value is -1.17. The zero-order chi connectivity index (χ0) is 15.3. The average molecular weight is 308 g/mol. The van der Waals surface area contributed by atoms with Gasteiger partial charge in [0.1, 0.15) is 0 Å². The minimum Gasteiger partial charge on any atom is -0.320 e. The molecule has 4 nitrogen and oxygen atoms in total. The van der Waals surface area contributed by atoms with E-state index in [4.69, 9.17) is 0 Å². The molecule has 0 radical (unpaired) electrons. The van der Waals surface area contributed by atoms with Gasteiger partial charge in [0.25, 0.3) is 0 Å². The Morgan fingerprint density at radius 2 is 2.00 bits per heavy atom. The summed E-state index contributed by atoms with van der Waals surface area (Å²) in [6.07, 6.45) is 5.57. The van der Waals surface area contributed by atoms with Crippen molar-refractivity contribution in [2.45, 2.75) is 36.6 Å². The van der Waals surface area contributed by atoms with Gasteiger partial charge in [-0.25, -0.2) is 8.42 Å². The Bertz CT molecular complexity index is 562. The molecule has 21 heavy (non-hydrogen) atoms. The lowest BCUT2D eigenvalue weighted by molar-refractivity contribution is 0.436. The lowest BCUT2D eigenvalue weighted by Gasteiger charge is -2.20. The zero-order valence-corrected chi connectivity index (χ0v) is 13.4. The van der Waals surface area contributed by atoms with E-state index in [1.165, 1.54) is 5.56 Å². The van der Waals surface area contributed by atoms with Crippen LogP contribution in [0.25, 0.3) is 0 Å². The third-order valence-corrected chi connectivity index (χ3v) is 5.62. The molecule has 1 N–H and O–H groups in total. The molecule has 5 heteroatoms. The third-order valence-electron chi connectivity index (χ3n) is 3.69. The number of aryl methyl sites for hydroxylation is 1. The van der Waals surface area contributed by atoms with Crippen LogP contribution >= 0.6 is 0 Å². The number of hydrogen-bond donors (Lipinski definition) is 1. The second-order valence-electron chi connectivity index (χ2n) is 5.45. The average Bonchev–Trinajstić information content (AvgIpc) is 3.30. The number of sulfonamides is 1. The summed E-state index contributed by atoms with van der Waals surface area (Å²) < 4.78 is 26.9. The van der Waals surface area contributed by atoms with Gasteiger partial charge in [-0.2, -0.15) is 4.31 Å². The monoisotopic (exact) mass is 308 g/mol. The van der Waals surface area contributed by atoms with Crippen molar-refractivity contribution in [3.05, 3.63) is 42.5 Å². The summed E-state index contributed by atoms with van der Waals surface area (Å²) in [5, 5.41) is 3.11. The molecule has 0 spiro atoms. The van der Waals surface area contributed by atoms with E-state index in [0.29, 0.717) is 11.4 Å². The fraction of sp³-hybridized carbons (Fsp3) is 0.500. The second-order valence-corrected chi connectivity index (χ2v) is 7.34. The number of nitrogens with one attached hydrogen (secondary N) is 1. The van der Waals surface area contributed by atoms with Gasteiger partial charge in [0.2, 0.25) is 10.0 Å². The highest BCUT2D eigenvalue weighted by Gasteiger charge is 2.37. The molecule has 0 aliphatic heterocycles. The molecule has 2 rings (SSSR count). The molecule has 1 aromatic carbocycles. The molecule has 0 amide bonds. The maximum Gasteiger partial charge on any atom is 0.243 e. The van der Waals surface area contributed by atoms with Gasteiger partial charge in [-0.05, 0) is 57.0 Å². The first-order chi connectivity index (χ1) is 10.1. The molecule has 0 saturated heterocycles. The molecule has 1 aliphatic rings. The summed E-state index contributed by atoms with van der Waals surface area (Å²) in [5.74, 6) is 0. The lowest BCUT2D eigenvalue weighted by atomic mass is 10.1. The Labute approximate surface area is 127 Å². The number of nitrogens with zero attached hydrogens (tertiary/aromatic N) is 1. The van der Waals surface area contributed by atoms with Gasteiger partial charge < -0.3 is 5.32 Å². The summed E-state index contributed by atoms with van der Waals surface area (Å²) in [6, 6.07) is 7.44. The molecule has 0 heterocycles. The van der Waals surface area contributed by atoms with Crippen LogP contribution in [0.1, 0.15) is 24.8 Å². The van der Waals surface area contributed by atoms with Crippen LogP contribution in [0, 0.1) is 0 Å². The highest BCUT2D eigenvalue weighted by molar-refractivity contribution is 7.89. The number of benzene rings is 1. The predicted molar refractivity (Wildman–Crippen MR) is 85.8 cm³/mol. The summed E-state index contributed by atoms with van der Waals surface area (Å²) >= 11 is 0. The Kier molecular flexibility index (Phi) is 5.56. The van der Waals surface area contributed by atoms with Crippen LogP contribution in [0.3, 0.4) is 0 Å². The molecule has 0 aromatic heterocycles. The molecule has 1 saturated carbocycles. The first-order valence-electron chi connectivity index (χ1n) is 7.46. The van der Waals surface area contributed by atoms with E-state index in [9.17, 15) is 8.42 Å². The third kappa shape index (κ3) is 4.15. The van der Waals surface area contributed by atoms with Crippen molar-refractivity contribution in [1.82, 2.24) is 9.62 Å². The SMILES string of the molecule is C=CCN(C1CC1)S(=O)(=O)c1ccc(CCCNC)cc1. The van der Waals surface area contributed by atoms with Crippen molar-refractivity contribution in [2.75, 3.05) is 20.1 Å². The first-order valence-corrected chi connectivity index (χ1v) is 8.90. The smallest absolute Gasteiger partial charge is 0.243 e. The van der Waals surface area contributed by atoms with Crippen LogP contribution in [0.2, 0.25) is 0 Å². The molecule has 1 fully saturated rings. The van der Waals surface area contributed by atoms with Crippen LogP contribution in [0.15, 0.2) is 41.8 Å². The summed E-state index contributed by atoms with van der Waals surface area (Å²) in [7, 11) is -1.46. The molecule has 1 aromatic rings. The van der Waals surface area contributed by atoms with Crippen molar-refractivity contribution in [3.63, 3.8) is 0 Å². The van der Waals surface area contributed by atoms with E-state index in [2.05, 4.69) is 11.9 Å². The lowest BCUT2D eigenvalue weighted by Crippen LogP contribution is -2.33. The van der Waals surface area contributed by atoms with Gasteiger partial charge in [0, 0.05) is 12.6 Å². The van der Waals surface area contributed by atoms with Crippen LogP contribution in [-0.4, -0.2) is 38.9 Å². The molecule has 0 atom stereocenters. The van der Waals surface area contributed by atoms with Crippen LogP contribution in [0.4, 0.5) is 0 Å². The van der Waals surface area contributed by atoms with Crippen molar-refractivity contribution < 1.29 is 8.42 Å².